The summed E-state index contributed by atoms with van der Waals surface area (Å²) < 4.78 is 6.42. The van der Waals surface area contributed by atoms with Crippen LogP contribution in [0.2, 0.25) is 0 Å². The fourth-order valence-electron chi connectivity index (χ4n) is 3.43. The van der Waals surface area contributed by atoms with Crippen LogP contribution < -0.4 is 0 Å². The molecule has 1 aliphatic rings. The molecule has 0 N–H and O–H groups in total. The van der Waals surface area contributed by atoms with E-state index in [0.717, 1.165) is 43.6 Å². The first-order valence-corrected chi connectivity index (χ1v) is 9.05. The summed E-state index contributed by atoms with van der Waals surface area (Å²) in [5.41, 5.74) is 1.90. The molecule has 0 spiro atoms. The van der Waals surface area contributed by atoms with E-state index < -0.39 is 0 Å². The number of ether oxygens (including phenoxy) is 1. The zero-order valence-corrected chi connectivity index (χ0v) is 15.1. The summed E-state index contributed by atoms with van der Waals surface area (Å²) in [6.07, 6.45) is 6.09. The summed E-state index contributed by atoms with van der Waals surface area (Å²) in [6.45, 7) is 3.06. The largest absolute Gasteiger partial charge is 0.469 e. The molecule has 0 radical (unpaired) electrons. The number of Topliss-reactive ketones (excluding diaryl/α,β-unsaturated/α-hetero) is 1. The Morgan fingerprint density at radius 3 is 2.85 bits per heavy atom. The number of benzene rings is 1. The molecule has 1 atom stereocenters. The van der Waals surface area contributed by atoms with E-state index in [9.17, 15) is 9.59 Å². The molecule has 0 unspecified atom stereocenters. The van der Waals surface area contributed by atoms with Crippen LogP contribution in [-0.4, -0.2) is 46.6 Å². The van der Waals surface area contributed by atoms with E-state index in [-0.39, 0.29) is 17.7 Å². The predicted molar refractivity (Wildman–Crippen MR) is 97.6 cm³/mol. The van der Waals surface area contributed by atoms with Crippen LogP contribution in [-0.2, 0) is 22.6 Å². The van der Waals surface area contributed by atoms with E-state index in [1.165, 1.54) is 7.11 Å². The van der Waals surface area contributed by atoms with E-state index in [0.29, 0.717) is 13.0 Å². The first kappa shape index (κ1) is 18.3. The highest BCUT2D eigenvalue weighted by molar-refractivity contribution is 5.98. The summed E-state index contributed by atoms with van der Waals surface area (Å²) in [7, 11) is 1.39. The molecule has 0 saturated carbocycles. The topological polar surface area (TPSA) is 64.4 Å². The lowest BCUT2D eigenvalue weighted by molar-refractivity contribution is -0.140. The lowest BCUT2D eigenvalue weighted by Crippen LogP contribution is -2.38. The molecule has 2 heterocycles. The van der Waals surface area contributed by atoms with Gasteiger partial charge in [-0.2, -0.15) is 5.10 Å². The van der Waals surface area contributed by atoms with Gasteiger partial charge in [0.1, 0.15) is 0 Å². The number of piperidine rings is 1. The van der Waals surface area contributed by atoms with Crippen molar-refractivity contribution < 1.29 is 14.3 Å². The molecule has 0 amide bonds. The van der Waals surface area contributed by atoms with Gasteiger partial charge in [0.2, 0.25) is 0 Å². The molecule has 0 aliphatic carbocycles. The third-order valence-corrected chi connectivity index (χ3v) is 4.80. The summed E-state index contributed by atoms with van der Waals surface area (Å²) in [4.78, 5) is 26.2. The molecule has 6 nitrogen and oxygen atoms in total. The SMILES string of the molecule is COC(=O)CCn1cc(CN2CCC[C@H](C(=O)c3ccccc3)C2)cn1. The number of likely N-dealkylation sites (tertiary alicyclic amines) is 1. The molecular weight excluding hydrogens is 330 g/mol. The van der Waals surface area contributed by atoms with Crippen molar-refractivity contribution >= 4 is 11.8 Å². The van der Waals surface area contributed by atoms with Crippen LogP contribution in [0.5, 0.6) is 0 Å². The van der Waals surface area contributed by atoms with Gasteiger partial charge in [-0.05, 0) is 19.4 Å². The van der Waals surface area contributed by atoms with E-state index in [2.05, 4.69) is 14.7 Å². The van der Waals surface area contributed by atoms with Gasteiger partial charge in [-0.1, -0.05) is 30.3 Å². The van der Waals surface area contributed by atoms with Gasteiger partial charge in [-0.25, -0.2) is 0 Å². The number of carbonyl (C=O) groups is 2. The third-order valence-electron chi connectivity index (χ3n) is 4.80. The number of methoxy groups -OCH3 is 1. The number of hydrogen-bond acceptors (Lipinski definition) is 5. The predicted octanol–water partition coefficient (Wildman–Crippen LogP) is 2.54. The smallest absolute Gasteiger partial charge is 0.307 e. The zero-order valence-electron chi connectivity index (χ0n) is 15.1. The molecule has 1 aliphatic heterocycles. The second-order valence-electron chi connectivity index (χ2n) is 6.74. The Bertz CT molecular complexity index is 742. The first-order valence-electron chi connectivity index (χ1n) is 9.05. The maximum atomic E-state index is 12.7. The Balaban J connectivity index is 1.54. The van der Waals surface area contributed by atoms with E-state index >= 15 is 0 Å². The molecule has 2 aromatic rings. The summed E-state index contributed by atoms with van der Waals surface area (Å²) in [5, 5.41) is 4.30. The summed E-state index contributed by atoms with van der Waals surface area (Å²) >= 11 is 0. The van der Waals surface area contributed by atoms with E-state index in [4.69, 9.17) is 0 Å². The normalized spacial score (nSPS) is 17.8. The van der Waals surface area contributed by atoms with Crippen molar-refractivity contribution in [3.8, 4) is 0 Å². The third kappa shape index (κ3) is 4.79. The second kappa shape index (κ2) is 8.76. The van der Waals surface area contributed by atoms with Crippen molar-refractivity contribution in [1.82, 2.24) is 14.7 Å². The van der Waals surface area contributed by atoms with Gasteiger partial charge in [0, 0.05) is 36.3 Å². The lowest BCUT2D eigenvalue weighted by Gasteiger charge is -2.31. The van der Waals surface area contributed by atoms with Gasteiger partial charge in [-0.3, -0.25) is 19.2 Å². The average molecular weight is 355 g/mol. The minimum atomic E-state index is -0.236. The van der Waals surface area contributed by atoms with Crippen molar-refractivity contribution in [2.45, 2.75) is 32.4 Å². The number of nitrogens with zero attached hydrogens (tertiary/aromatic N) is 3. The quantitative estimate of drug-likeness (QED) is 0.564. The van der Waals surface area contributed by atoms with Crippen LogP contribution in [0, 0.1) is 5.92 Å². The number of esters is 1. The first-order chi connectivity index (χ1) is 12.7. The van der Waals surface area contributed by atoms with Crippen molar-refractivity contribution in [3.63, 3.8) is 0 Å². The Kier molecular flexibility index (Phi) is 6.17. The van der Waals surface area contributed by atoms with Crippen LogP contribution in [0.4, 0.5) is 0 Å². The zero-order chi connectivity index (χ0) is 18.4. The fraction of sp³-hybridized carbons (Fsp3) is 0.450. The van der Waals surface area contributed by atoms with Crippen molar-refractivity contribution in [2.75, 3.05) is 20.2 Å². The van der Waals surface area contributed by atoms with Crippen molar-refractivity contribution in [3.05, 3.63) is 53.9 Å². The molecule has 0 bridgehead atoms. The number of rotatable bonds is 7. The highest BCUT2D eigenvalue weighted by Crippen LogP contribution is 2.22. The maximum absolute atomic E-state index is 12.7. The highest BCUT2D eigenvalue weighted by Gasteiger charge is 2.26. The van der Waals surface area contributed by atoms with Gasteiger partial charge in [0.15, 0.2) is 5.78 Å². The van der Waals surface area contributed by atoms with Crippen LogP contribution in [0.25, 0.3) is 0 Å². The van der Waals surface area contributed by atoms with Crippen LogP contribution >= 0.6 is 0 Å². The van der Waals surface area contributed by atoms with Gasteiger partial charge < -0.3 is 4.74 Å². The molecule has 3 rings (SSSR count). The molecule has 1 aromatic heterocycles. The maximum Gasteiger partial charge on any atom is 0.307 e. The Labute approximate surface area is 153 Å². The van der Waals surface area contributed by atoms with E-state index in [1.54, 1.807) is 4.68 Å². The van der Waals surface area contributed by atoms with E-state index in [1.807, 2.05) is 42.7 Å². The number of carbonyl (C=O) groups excluding carboxylic acids is 2. The molecular formula is C20H25N3O3. The Hall–Kier alpha value is -2.47. The average Bonchev–Trinajstić information content (AvgIpc) is 3.13. The molecule has 1 fully saturated rings. The second-order valence-corrected chi connectivity index (χ2v) is 6.74. The monoisotopic (exact) mass is 355 g/mol. The van der Waals surface area contributed by atoms with Crippen molar-refractivity contribution in [1.29, 1.82) is 0 Å². The van der Waals surface area contributed by atoms with Gasteiger partial charge in [0.05, 0.1) is 26.3 Å². The number of aryl methyl sites for hydroxylation is 1. The van der Waals surface area contributed by atoms with Crippen LogP contribution in [0.3, 0.4) is 0 Å². The molecule has 138 valence electrons. The standard InChI is InChI=1S/C20H25N3O3/c1-26-19(24)9-11-23-14-16(12-21-23)13-22-10-5-8-18(15-22)20(25)17-6-3-2-4-7-17/h2-4,6-7,12,14,18H,5,8-11,13,15H2,1H3/t18-/m0/s1. The van der Waals surface area contributed by atoms with Crippen LogP contribution in [0.15, 0.2) is 42.7 Å². The fourth-order valence-corrected chi connectivity index (χ4v) is 3.43. The van der Waals surface area contributed by atoms with Gasteiger partial charge in [-0.15, -0.1) is 0 Å². The minimum Gasteiger partial charge on any atom is -0.469 e. The van der Waals surface area contributed by atoms with Crippen molar-refractivity contribution in [2.24, 2.45) is 5.92 Å². The summed E-state index contributed by atoms with van der Waals surface area (Å²) in [5.74, 6) is 0.0601. The highest BCUT2D eigenvalue weighted by atomic mass is 16.5. The number of hydrogen-bond donors (Lipinski definition) is 0. The Morgan fingerprint density at radius 1 is 1.27 bits per heavy atom. The number of aromatic nitrogens is 2. The van der Waals surface area contributed by atoms with Gasteiger partial charge in [0.25, 0.3) is 0 Å². The molecule has 1 aromatic carbocycles. The van der Waals surface area contributed by atoms with Gasteiger partial charge >= 0.3 is 5.97 Å². The summed E-state index contributed by atoms with van der Waals surface area (Å²) in [6, 6.07) is 9.55. The molecule has 26 heavy (non-hydrogen) atoms. The number of ketones is 1. The molecule has 6 heteroatoms. The Morgan fingerprint density at radius 2 is 2.08 bits per heavy atom. The molecule has 1 saturated heterocycles. The lowest BCUT2D eigenvalue weighted by atomic mass is 9.90. The van der Waals surface area contributed by atoms with Crippen LogP contribution in [0.1, 0.15) is 35.2 Å². The minimum absolute atomic E-state index is 0.0560.